The Hall–Kier alpha value is -1.63. The van der Waals surface area contributed by atoms with Gasteiger partial charge in [-0.25, -0.2) is 4.79 Å². The lowest BCUT2D eigenvalue weighted by Crippen LogP contribution is -2.64. The number of nitrogens with zero attached hydrogens (tertiary/aromatic N) is 1. The fourth-order valence-corrected chi connectivity index (χ4v) is 4.37. The average molecular weight is 351 g/mol. The second-order valence-corrected chi connectivity index (χ2v) is 8.56. The lowest BCUT2D eigenvalue weighted by Gasteiger charge is -2.39. The van der Waals surface area contributed by atoms with Crippen molar-refractivity contribution in [3.8, 4) is 0 Å². The number of carbonyl (C=O) groups excluding carboxylic acids is 3. The van der Waals surface area contributed by atoms with Gasteiger partial charge in [0.15, 0.2) is 5.78 Å². The van der Waals surface area contributed by atoms with Gasteiger partial charge in [0.25, 0.3) is 0 Å². The maximum atomic E-state index is 13.0. The summed E-state index contributed by atoms with van der Waals surface area (Å²) in [7, 11) is 0. The number of amides is 2. The number of ketones is 1. The number of likely N-dealkylation sites (tertiary alicyclic amines) is 1. The molecule has 7 heteroatoms. The third-order valence-electron chi connectivity index (χ3n) is 5.58. The van der Waals surface area contributed by atoms with Gasteiger partial charge < -0.3 is 10.5 Å². The first-order chi connectivity index (χ1) is 11.7. The van der Waals surface area contributed by atoms with Gasteiger partial charge in [-0.05, 0) is 52.4 Å². The maximum absolute atomic E-state index is 13.0. The highest BCUT2D eigenvalue weighted by Crippen LogP contribution is 2.41. The monoisotopic (exact) mass is 351 g/mol. The molecule has 3 N–H and O–H groups in total. The Labute approximate surface area is 148 Å². The van der Waals surface area contributed by atoms with Crippen LogP contribution in [0.2, 0.25) is 0 Å². The normalized spacial score (nSPS) is 34.8. The SMILES string of the molecule is CC(C)(C)OC(=O)N1C(C(=O)C2CC(C(N)=O)N2)CC2CCCCC21. The fraction of sp³-hybridized carbons (Fsp3) is 0.833. The summed E-state index contributed by atoms with van der Waals surface area (Å²) in [6, 6.07) is -1.21. The van der Waals surface area contributed by atoms with Crippen LogP contribution in [0.3, 0.4) is 0 Å². The third-order valence-corrected chi connectivity index (χ3v) is 5.58. The highest BCUT2D eigenvalue weighted by Gasteiger charge is 2.51. The maximum Gasteiger partial charge on any atom is 0.411 e. The van der Waals surface area contributed by atoms with Gasteiger partial charge >= 0.3 is 6.09 Å². The molecule has 1 aliphatic carbocycles. The molecule has 0 aromatic rings. The van der Waals surface area contributed by atoms with Gasteiger partial charge in [0.1, 0.15) is 5.60 Å². The van der Waals surface area contributed by atoms with Crippen LogP contribution in [0.1, 0.15) is 59.3 Å². The van der Waals surface area contributed by atoms with Crippen molar-refractivity contribution in [3.05, 3.63) is 0 Å². The molecule has 2 heterocycles. The molecule has 25 heavy (non-hydrogen) atoms. The van der Waals surface area contributed by atoms with Crippen molar-refractivity contribution in [2.24, 2.45) is 11.7 Å². The molecule has 3 rings (SSSR count). The molecule has 7 nitrogen and oxygen atoms in total. The average Bonchev–Trinajstić information content (AvgIpc) is 2.82. The molecule has 5 atom stereocenters. The van der Waals surface area contributed by atoms with Crippen LogP contribution in [0.5, 0.6) is 0 Å². The standard InChI is InChI=1S/C18H29N3O4/c1-18(2,3)25-17(24)21-13-7-5-4-6-10(13)8-14(21)15(22)11-9-12(20-11)16(19)23/h10-14,20H,4-9H2,1-3H3,(H2,19,23). The number of ether oxygens (including phenoxy) is 1. The molecule has 0 bridgehead atoms. The summed E-state index contributed by atoms with van der Waals surface area (Å²) in [6.07, 6.45) is 4.92. The highest BCUT2D eigenvalue weighted by molar-refractivity contribution is 5.95. The summed E-state index contributed by atoms with van der Waals surface area (Å²) in [4.78, 5) is 38.6. The van der Waals surface area contributed by atoms with Gasteiger partial charge in [-0.3, -0.25) is 19.8 Å². The van der Waals surface area contributed by atoms with Gasteiger partial charge in [0.2, 0.25) is 5.91 Å². The largest absolute Gasteiger partial charge is 0.444 e. The Morgan fingerprint density at radius 2 is 1.72 bits per heavy atom. The number of hydrogen-bond acceptors (Lipinski definition) is 5. The third kappa shape index (κ3) is 3.66. The zero-order chi connectivity index (χ0) is 18.4. The van der Waals surface area contributed by atoms with E-state index in [1.165, 1.54) is 0 Å². The van der Waals surface area contributed by atoms with Crippen LogP contribution < -0.4 is 11.1 Å². The molecule has 1 saturated carbocycles. The minimum atomic E-state index is -0.594. The Morgan fingerprint density at radius 3 is 2.32 bits per heavy atom. The molecule has 2 saturated heterocycles. The second-order valence-electron chi connectivity index (χ2n) is 8.56. The minimum Gasteiger partial charge on any atom is -0.444 e. The van der Waals surface area contributed by atoms with Gasteiger partial charge in [0, 0.05) is 6.04 Å². The lowest BCUT2D eigenvalue weighted by molar-refractivity contribution is -0.131. The number of Topliss-reactive ketones (excluding diaryl/α,β-unsaturated/α-hetero) is 1. The molecule has 3 aliphatic rings. The molecule has 3 fully saturated rings. The van der Waals surface area contributed by atoms with Crippen LogP contribution in [0, 0.1) is 5.92 Å². The van der Waals surface area contributed by atoms with E-state index in [9.17, 15) is 14.4 Å². The molecular weight excluding hydrogens is 322 g/mol. The molecule has 5 unspecified atom stereocenters. The van der Waals surface area contributed by atoms with E-state index in [0.717, 1.165) is 25.7 Å². The number of rotatable bonds is 3. The molecule has 2 amide bonds. The summed E-state index contributed by atoms with van der Waals surface area (Å²) >= 11 is 0. The van der Waals surface area contributed by atoms with E-state index in [0.29, 0.717) is 18.8 Å². The van der Waals surface area contributed by atoms with E-state index in [4.69, 9.17) is 10.5 Å². The van der Waals surface area contributed by atoms with Crippen LogP contribution in [0.15, 0.2) is 0 Å². The van der Waals surface area contributed by atoms with Crippen molar-refractivity contribution in [3.63, 3.8) is 0 Å². The topological polar surface area (TPSA) is 102 Å². The quantitative estimate of drug-likeness (QED) is 0.799. The Morgan fingerprint density at radius 1 is 1.08 bits per heavy atom. The predicted molar refractivity (Wildman–Crippen MR) is 91.8 cm³/mol. The summed E-state index contributed by atoms with van der Waals surface area (Å²) in [5, 5.41) is 2.94. The highest BCUT2D eigenvalue weighted by atomic mass is 16.6. The lowest BCUT2D eigenvalue weighted by atomic mass is 9.83. The first kappa shape index (κ1) is 18.2. The summed E-state index contributed by atoms with van der Waals surface area (Å²) < 4.78 is 5.58. The molecule has 0 radical (unpaired) electrons. The van der Waals surface area contributed by atoms with Crippen LogP contribution in [-0.4, -0.2) is 52.5 Å². The number of fused-ring (bicyclic) bond motifs is 1. The summed E-state index contributed by atoms with van der Waals surface area (Å²) in [5.74, 6) is -0.0897. The van der Waals surface area contributed by atoms with E-state index in [1.54, 1.807) is 4.90 Å². The fourth-order valence-electron chi connectivity index (χ4n) is 4.37. The number of nitrogens with one attached hydrogen (secondary N) is 1. The van der Waals surface area contributed by atoms with Crippen LogP contribution in [-0.2, 0) is 14.3 Å². The Bertz CT molecular complexity index is 565. The van der Waals surface area contributed by atoms with Crippen molar-refractivity contribution in [2.75, 3.05) is 0 Å². The van der Waals surface area contributed by atoms with Crippen LogP contribution >= 0.6 is 0 Å². The first-order valence-corrected chi connectivity index (χ1v) is 9.28. The van der Waals surface area contributed by atoms with Crippen molar-refractivity contribution >= 4 is 17.8 Å². The Balaban J connectivity index is 1.74. The summed E-state index contributed by atoms with van der Waals surface area (Å²) in [5.41, 5.74) is 4.66. The number of hydrogen-bond donors (Lipinski definition) is 2. The van der Waals surface area contributed by atoms with Crippen molar-refractivity contribution in [2.45, 2.75) is 89.1 Å². The number of primary amides is 1. The molecule has 140 valence electrons. The van der Waals surface area contributed by atoms with Gasteiger partial charge in [0.05, 0.1) is 18.1 Å². The molecule has 0 aromatic heterocycles. The minimum absolute atomic E-state index is 0.0160. The van der Waals surface area contributed by atoms with Crippen LogP contribution in [0.4, 0.5) is 4.79 Å². The first-order valence-electron chi connectivity index (χ1n) is 9.28. The molecule has 0 aromatic carbocycles. The van der Waals surface area contributed by atoms with Gasteiger partial charge in [-0.15, -0.1) is 0 Å². The van der Waals surface area contributed by atoms with E-state index in [-0.39, 0.29) is 11.8 Å². The molecular formula is C18H29N3O4. The van der Waals surface area contributed by atoms with Gasteiger partial charge in [-0.1, -0.05) is 12.8 Å². The number of nitrogens with two attached hydrogens (primary N) is 1. The van der Waals surface area contributed by atoms with Crippen molar-refractivity contribution in [1.82, 2.24) is 10.2 Å². The summed E-state index contributed by atoms with van der Waals surface area (Å²) in [6.45, 7) is 5.50. The zero-order valence-electron chi connectivity index (χ0n) is 15.3. The zero-order valence-corrected chi connectivity index (χ0v) is 15.3. The predicted octanol–water partition coefficient (Wildman–Crippen LogP) is 1.34. The smallest absolute Gasteiger partial charge is 0.411 e. The second kappa shape index (κ2) is 6.59. The van der Waals surface area contributed by atoms with E-state index in [1.807, 2.05) is 20.8 Å². The van der Waals surface area contributed by atoms with Crippen molar-refractivity contribution < 1.29 is 19.1 Å². The van der Waals surface area contributed by atoms with E-state index < -0.39 is 35.7 Å². The molecule has 0 spiro atoms. The Kier molecular flexibility index (Phi) is 4.79. The van der Waals surface area contributed by atoms with Gasteiger partial charge in [-0.2, -0.15) is 0 Å². The van der Waals surface area contributed by atoms with Crippen LogP contribution in [0.25, 0.3) is 0 Å². The van der Waals surface area contributed by atoms with E-state index >= 15 is 0 Å². The molecule has 2 aliphatic heterocycles. The number of carbonyl (C=O) groups is 3. The van der Waals surface area contributed by atoms with Crippen molar-refractivity contribution in [1.29, 1.82) is 0 Å². The van der Waals surface area contributed by atoms with E-state index in [2.05, 4.69) is 5.32 Å².